The molecule has 5 nitrogen and oxygen atoms in total. The summed E-state index contributed by atoms with van der Waals surface area (Å²) in [6.45, 7) is 2.08. The van der Waals surface area contributed by atoms with Gasteiger partial charge in [-0.2, -0.15) is 0 Å². The Morgan fingerprint density at radius 3 is 3.20 bits per heavy atom. The Morgan fingerprint density at radius 2 is 2.40 bits per heavy atom. The van der Waals surface area contributed by atoms with Gasteiger partial charge in [0, 0.05) is 24.2 Å². The minimum atomic E-state index is -0.512. The van der Waals surface area contributed by atoms with Crippen LogP contribution in [-0.2, 0) is 6.54 Å². The van der Waals surface area contributed by atoms with Crippen LogP contribution in [0.15, 0.2) is 18.2 Å². The molecule has 1 aliphatic rings. The summed E-state index contributed by atoms with van der Waals surface area (Å²) in [6, 6.07) is 5.07. The van der Waals surface area contributed by atoms with E-state index in [1.807, 2.05) is 0 Å². The van der Waals surface area contributed by atoms with Crippen LogP contribution >= 0.6 is 0 Å². The Bertz CT molecular complexity index is 379. The monoisotopic (exact) mass is 208 g/mol. The van der Waals surface area contributed by atoms with Gasteiger partial charge in [0.05, 0.1) is 0 Å². The molecule has 1 amide bonds. The van der Waals surface area contributed by atoms with E-state index >= 15 is 0 Å². The molecule has 80 valence electrons. The summed E-state index contributed by atoms with van der Waals surface area (Å²) in [4.78, 5) is 11.2. The number of hydroxylamine groups is 1. The second-order valence-electron chi connectivity index (χ2n) is 3.29. The Balaban J connectivity index is 2.31. The van der Waals surface area contributed by atoms with Crippen molar-refractivity contribution in [2.75, 3.05) is 13.2 Å². The molecule has 0 atom stereocenters. The van der Waals surface area contributed by atoms with Gasteiger partial charge in [-0.05, 0) is 18.2 Å². The summed E-state index contributed by atoms with van der Waals surface area (Å²) in [7, 11) is 0. The first-order valence-corrected chi connectivity index (χ1v) is 4.72. The lowest BCUT2D eigenvalue weighted by Crippen LogP contribution is -2.19. The van der Waals surface area contributed by atoms with Crippen molar-refractivity contribution in [1.82, 2.24) is 10.8 Å². The van der Waals surface area contributed by atoms with Crippen LogP contribution in [0.4, 0.5) is 0 Å². The topological polar surface area (TPSA) is 70.6 Å². The number of ether oxygens (including phenoxy) is 1. The number of benzene rings is 1. The number of nitrogens with one attached hydrogen (secondary N) is 2. The molecule has 0 saturated carbocycles. The van der Waals surface area contributed by atoms with Gasteiger partial charge in [-0.1, -0.05) is 0 Å². The fourth-order valence-corrected chi connectivity index (χ4v) is 1.52. The van der Waals surface area contributed by atoms with Crippen LogP contribution in [0.2, 0.25) is 0 Å². The summed E-state index contributed by atoms with van der Waals surface area (Å²) in [5.74, 6) is 0.275. The van der Waals surface area contributed by atoms with Crippen molar-refractivity contribution in [2.24, 2.45) is 0 Å². The van der Waals surface area contributed by atoms with Crippen molar-refractivity contribution < 1.29 is 14.7 Å². The van der Waals surface area contributed by atoms with E-state index in [0.29, 0.717) is 18.7 Å². The quantitative estimate of drug-likeness (QED) is 0.458. The second kappa shape index (κ2) is 4.29. The molecule has 0 aromatic heterocycles. The highest BCUT2D eigenvalue weighted by Gasteiger charge is 2.11. The molecule has 0 bridgehead atoms. The molecule has 0 spiro atoms. The van der Waals surface area contributed by atoms with E-state index in [9.17, 15) is 4.79 Å². The highest BCUT2D eigenvalue weighted by Crippen LogP contribution is 2.21. The highest BCUT2D eigenvalue weighted by molar-refractivity contribution is 5.93. The average molecular weight is 208 g/mol. The first-order valence-electron chi connectivity index (χ1n) is 4.72. The van der Waals surface area contributed by atoms with Crippen LogP contribution in [0.3, 0.4) is 0 Å². The van der Waals surface area contributed by atoms with Crippen molar-refractivity contribution >= 4 is 5.91 Å². The van der Waals surface area contributed by atoms with Crippen molar-refractivity contribution in [1.29, 1.82) is 0 Å². The number of fused-ring (bicyclic) bond motifs is 1. The SMILES string of the molecule is O=C(NO)c1ccc2c(c1)CNCCO2. The normalized spacial score (nSPS) is 14.7. The predicted molar refractivity (Wildman–Crippen MR) is 52.9 cm³/mol. The van der Waals surface area contributed by atoms with Crippen molar-refractivity contribution in [3.8, 4) is 5.75 Å². The average Bonchev–Trinajstić information content (AvgIpc) is 2.51. The van der Waals surface area contributed by atoms with E-state index in [2.05, 4.69) is 5.32 Å². The number of hydrogen-bond acceptors (Lipinski definition) is 4. The van der Waals surface area contributed by atoms with Gasteiger partial charge in [0.25, 0.3) is 5.91 Å². The Labute approximate surface area is 87.0 Å². The van der Waals surface area contributed by atoms with Gasteiger partial charge in [-0.3, -0.25) is 10.0 Å². The largest absolute Gasteiger partial charge is 0.492 e. The molecule has 3 N–H and O–H groups in total. The molecule has 5 heteroatoms. The molecule has 1 heterocycles. The van der Waals surface area contributed by atoms with Crippen LogP contribution in [0.25, 0.3) is 0 Å². The van der Waals surface area contributed by atoms with Crippen LogP contribution in [0, 0.1) is 0 Å². The number of rotatable bonds is 1. The lowest BCUT2D eigenvalue weighted by atomic mass is 10.1. The lowest BCUT2D eigenvalue weighted by Gasteiger charge is -2.07. The molecular formula is C10H12N2O3. The molecule has 1 aromatic carbocycles. The van der Waals surface area contributed by atoms with Crippen LogP contribution in [0.5, 0.6) is 5.75 Å². The molecular weight excluding hydrogens is 196 g/mol. The standard InChI is InChI=1S/C10H12N2O3/c13-10(12-14)7-1-2-9-8(5-7)6-11-3-4-15-9/h1-2,5,11,14H,3-4,6H2,(H,12,13). The fraction of sp³-hybridized carbons (Fsp3) is 0.300. The van der Waals surface area contributed by atoms with Gasteiger partial charge in [0.2, 0.25) is 0 Å². The molecule has 0 fully saturated rings. The minimum absolute atomic E-state index is 0.420. The number of hydrogen-bond donors (Lipinski definition) is 3. The third-order valence-corrected chi connectivity index (χ3v) is 2.28. The number of amides is 1. The van der Waals surface area contributed by atoms with E-state index in [0.717, 1.165) is 17.9 Å². The van der Waals surface area contributed by atoms with Gasteiger partial charge >= 0.3 is 0 Å². The highest BCUT2D eigenvalue weighted by atomic mass is 16.5. The smallest absolute Gasteiger partial charge is 0.274 e. The summed E-state index contributed by atoms with van der Waals surface area (Å²) in [6.07, 6.45) is 0. The van der Waals surface area contributed by atoms with Gasteiger partial charge in [-0.15, -0.1) is 0 Å². The number of carbonyl (C=O) groups excluding carboxylic acids is 1. The van der Waals surface area contributed by atoms with Gasteiger partial charge < -0.3 is 10.1 Å². The van der Waals surface area contributed by atoms with Gasteiger partial charge in [-0.25, -0.2) is 5.48 Å². The van der Waals surface area contributed by atoms with Gasteiger partial charge in [0.1, 0.15) is 12.4 Å². The molecule has 0 unspecified atom stereocenters. The summed E-state index contributed by atoms with van der Waals surface area (Å²) < 4.78 is 5.46. The van der Waals surface area contributed by atoms with Crippen LogP contribution in [0.1, 0.15) is 15.9 Å². The van der Waals surface area contributed by atoms with Crippen LogP contribution < -0.4 is 15.5 Å². The number of carbonyl (C=O) groups is 1. The maximum atomic E-state index is 11.2. The zero-order valence-electron chi connectivity index (χ0n) is 8.12. The van der Waals surface area contributed by atoms with Crippen LogP contribution in [-0.4, -0.2) is 24.3 Å². The van der Waals surface area contributed by atoms with E-state index < -0.39 is 5.91 Å². The van der Waals surface area contributed by atoms with E-state index in [-0.39, 0.29) is 0 Å². The summed E-state index contributed by atoms with van der Waals surface area (Å²) in [5, 5.41) is 11.7. The zero-order chi connectivity index (χ0) is 10.7. The van der Waals surface area contributed by atoms with Crippen molar-refractivity contribution in [3.63, 3.8) is 0 Å². The summed E-state index contributed by atoms with van der Waals surface area (Å²) >= 11 is 0. The molecule has 1 aliphatic heterocycles. The molecule has 2 rings (SSSR count). The maximum absolute atomic E-state index is 11.2. The molecule has 0 radical (unpaired) electrons. The molecule has 0 saturated heterocycles. The molecule has 1 aromatic rings. The minimum Gasteiger partial charge on any atom is -0.492 e. The fourth-order valence-electron chi connectivity index (χ4n) is 1.52. The van der Waals surface area contributed by atoms with E-state index in [1.165, 1.54) is 0 Å². The Hall–Kier alpha value is -1.59. The summed E-state index contributed by atoms with van der Waals surface area (Å²) in [5.41, 5.74) is 2.95. The third-order valence-electron chi connectivity index (χ3n) is 2.28. The lowest BCUT2D eigenvalue weighted by molar-refractivity contribution is 0.0706. The molecule has 0 aliphatic carbocycles. The Kier molecular flexibility index (Phi) is 2.84. The first-order chi connectivity index (χ1) is 7.31. The Morgan fingerprint density at radius 1 is 1.53 bits per heavy atom. The van der Waals surface area contributed by atoms with E-state index in [1.54, 1.807) is 23.7 Å². The predicted octanol–water partition coefficient (Wildman–Crippen LogP) is 0.288. The van der Waals surface area contributed by atoms with Gasteiger partial charge in [0.15, 0.2) is 0 Å². The third kappa shape index (κ3) is 2.08. The maximum Gasteiger partial charge on any atom is 0.274 e. The zero-order valence-corrected chi connectivity index (χ0v) is 8.12. The first kappa shape index (κ1) is 9.95. The van der Waals surface area contributed by atoms with Crippen molar-refractivity contribution in [2.45, 2.75) is 6.54 Å². The van der Waals surface area contributed by atoms with E-state index in [4.69, 9.17) is 9.94 Å². The van der Waals surface area contributed by atoms with Crippen molar-refractivity contribution in [3.05, 3.63) is 29.3 Å². The second-order valence-corrected chi connectivity index (χ2v) is 3.29. The molecule has 15 heavy (non-hydrogen) atoms.